The summed E-state index contributed by atoms with van der Waals surface area (Å²) in [4.78, 5) is 32.7. The van der Waals surface area contributed by atoms with E-state index >= 15 is 0 Å². The minimum absolute atomic E-state index is 0.212. The third-order valence-corrected chi connectivity index (χ3v) is 4.85. The van der Waals surface area contributed by atoms with E-state index in [4.69, 9.17) is 5.73 Å². The summed E-state index contributed by atoms with van der Waals surface area (Å²) in [5.74, 6) is -0.734. The predicted molar refractivity (Wildman–Crippen MR) is 108 cm³/mol. The molecule has 0 atom stereocenters. The average molecular weight is 374 g/mol. The lowest BCUT2D eigenvalue weighted by atomic mass is 10.1. The first-order chi connectivity index (χ1) is 13.1. The van der Waals surface area contributed by atoms with Gasteiger partial charge in [-0.25, -0.2) is 4.99 Å². The molecule has 2 aromatic carbocycles. The van der Waals surface area contributed by atoms with Crippen LogP contribution in [0.1, 0.15) is 15.9 Å². The van der Waals surface area contributed by atoms with Gasteiger partial charge in [0.15, 0.2) is 5.17 Å². The van der Waals surface area contributed by atoms with Gasteiger partial charge in [-0.3, -0.25) is 14.6 Å². The van der Waals surface area contributed by atoms with Gasteiger partial charge in [-0.1, -0.05) is 18.2 Å². The first kappa shape index (κ1) is 17.0. The quantitative estimate of drug-likeness (QED) is 0.688. The fourth-order valence-corrected chi connectivity index (χ4v) is 3.50. The Labute approximate surface area is 159 Å². The number of carbonyl (C=O) groups excluding carboxylic acids is 2. The molecule has 1 aliphatic heterocycles. The van der Waals surface area contributed by atoms with E-state index in [-0.39, 0.29) is 5.91 Å². The molecule has 27 heavy (non-hydrogen) atoms. The fourth-order valence-electron chi connectivity index (χ4n) is 2.66. The summed E-state index contributed by atoms with van der Waals surface area (Å²) >= 11 is 1.25. The van der Waals surface area contributed by atoms with Crippen molar-refractivity contribution >= 4 is 51.4 Å². The van der Waals surface area contributed by atoms with Gasteiger partial charge in [0, 0.05) is 17.1 Å². The van der Waals surface area contributed by atoms with Crippen LogP contribution in [0.15, 0.2) is 70.7 Å². The number of aliphatic imine (C=N–C) groups is 1. The summed E-state index contributed by atoms with van der Waals surface area (Å²) < 4.78 is 0. The van der Waals surface area contributed by atoms with Gasteiger partial charge < -0.3 is 11.1 Å². The van der Waals surface area contributed by atoms with E-state index in [9.17, 15) is 9.59 Å². The van der Waals surface area contributed by atoms with Crippen molar-refractivity contribution in [2.75, 3.05) is 0 Å². The molecule has 1 saturated heterocycles. The Kier molecular flexibility index (Phi) is 4.43. The zero-order valence-electron chi connectivity index (χ0n) is 14.0. The smallest absolute Gasteiger partial charge is 0.264 e. The third kappa shape index (κ3) is 3.73. The van der Waals surface area contributed by atoms with Crippen LogP contribution in [0.3, 0.4) is 0 Å². The van der Waals surface area contributed by atoms with Gasteiger partial charge in [0.1, 0.15) is 0 Å². The van der Waals surface area contributed by atoms with Gasteiger partial charge in [0.25, 0.3) is 5.91 Å². The lowest BCUT2D eigenvalue weighted by molar-refractivity contribution is -0.115. The zero-order valence-corrected chi connectivity index (χ0v) is 14.9. The molecule has 6 nitrogen and oxygen atoms in total. The van der Waals surface area contributed by atoms with Crippen molar-refractivity contribution < 1.29 is 9.59 Å². The molecule has 3 aromatic rings. The van der Waals surface area contributed by atoms with Crippen LogP contribution in [-0.4, -0.2) is 22.0 Å². The first-order valence-electron chi connectivity index (χ1n) is 8.13. The van der Waals surface area contributed by atoms with E-state index in [1.807, 2.05) is 36.4 Å². The number of pyridine rings is 1. The van der Waals surface area contributed by atoms with Crippen LogP contribution in [0, 0.1) is 0 Å². The number of nitrogens with one attached hydrogen (secondary N) is 1. The average Bonchev–Trinajstić information content (AvgIpc) is 3.00. The Bertz CT molecular complexity index is 1140. The molecule has 3 N–H and O–H groups in total. The number of amides is 2. The largest absolute Gasteiger partial charge is 0.366 e. The van der Waals surface area contributed by atoms with Gasteiger partial charge in [-0.05, 0) is 59.8 Å². The number of hydrogen-bond donors (Lipinski definition) is 2. The van der Waals surface area contributed by atoms with E-state index in [2.05, 4.69) is 15.3 Å². The summed E-state index contributed by atoms with van der Waals surface area (Å²) in [5.41, 5.74) is 8.01. The molecule has 0 aliphatic carbocycles. The Hall–Kier alpha value is -3.45. The Morgan fingerprint density at radius 2 is 2.04 bits per heavy atom. The van der Waals surface area contributed by atoms with Crippen LogP contribution < -0.4 is 11.1 Å². The Morgan fingerprint density at radius 3 is 2.89 bits per heavy atom. The van der Waals surface area contributed by atoms with Crippen molar-refractivity contribution in [1.29, 1.82) is 0 Å². The maximum atomic E-state index is 12.3. The molecule has 4 rings (SSSR count). The lowest BCUT2D eigenvalue weighted by Crippen LogP contribution is -2.19. The second-order valence-electron chi connectivity index (χ2n) is 5.85. The molecule has 2 amide bonds. The molecule has 1 aliphatic rings. The molecule has 2 heterocycles. The number of aromatic nitrogens is 1. The summed E-state index contributed by atoms with van der Waals surface area (Å²) in [5, 5.41) is 4.20. The SMILES string of the molecule is NC(=O)c1cccc(N=C2NC(=O)C(=Cc3ccc4ncccc4c3)S2)c1. The van der Waals surface area contributed by atoms with Crippen LogP contribution in [0.5, 0.6) is 0 Å². The maximum absolute atomic E-state index is 12.3. The maximum Gasteiger partial charge on any atom is 0.264 e. The zero-order chi connectivity index (χ0) is 18.8. The highest BCUT2D eigenvalue weighted by Gasteiger charge is 2.23. The van der Waals surface area contributed by atoms with Gasteiger partial charge in [-0.15, -0.1) is 0 Å². The van der Waals surface area contributed by atoms with Gasteiger partial charge in [0.2, 0.25) is 5.91 Å². The van der Waals surface area contributed by atoms with Crippen LogP contribution >= 0.6 is 11.8 Å². The Balaban J connectivity index is 1.60. The molecule has 7 heteroatoms. The Morgan fingerprint density at radius 1 is 1.15 bits per heavy atom. The van der Waals surface area contributed by atoms with E-state index in [1.165, 1.54) is 11.8 Å². The number of carbonyl (C=O) groups is 2. The normalized spacial score (nSPS) is 16.8. The number of nitrogens with two attached hydrogens (primary N) is 1. The molecule has 0 saturated carbocycles. The standard InChI is InChI=1S/C20H14N4O2S/c21-18(25)14-3-1-5-15(11-14)23-20-24-19(26)17(27-20)10-12-6-7-16-13(9-12)4-2-8-22-16/h1-11H,(H2,21,25)(H,23,24,26). The third-order valence-electron chi connectivity index (χ3n) is 3.94. The highest BCUT2D eigenvalue weighted by molar-refractivity contribution is 8.18. The van der Waals surface area contributed by atoms with Crippen molar-refractivity contribution in [2.24, 2.45) is 10.7 Å². The van der Waals surface area contributed by atoms with E-state index in [0.29, 0.717) is 21.3 Å². The molecular weight excluding hydrogens is 360 g/mol. The minimum atomic E-state index is -0.522. The van der Waals surface area contributed by atoms with Crippen LogP contribution in [0.25, 0.3) is 17.0 Å². The summed E-state index contributed by atoms with van der Waals surface area (Å²) in [6.45, 7) is 0. The second-order valence-corrected chi connectivity index (χ2v) is 6.88. The van der Waals surface area contributed by atoms with Gasteiger partial charge in [-0.2, -0.15) is 0 Å². The number of hydrogen-bond acceptors (Lipinski definition) is 5. The number of primary amides is 1. The molecule has 0 spiro atoms. The fraction of sp³-hybridized carbons (Fsp3) is 0. The first-order valence-corrected chi connectivity index (χ1v) is 8.94. The monoisotopic (exact) mass is 374 g/mol. The van der Waals surface area contributed by atoms with Crippen molar-refractivity contribution in [1.82, 2.24) is 10.3 Å². The molecule has 1 fully saturated rings. The van der Waals surface area contributed by atoms with Gasteiger partial charge >= 0.3 is 0 Å². The predicted octanol–water partition coefficient (Wildman–Crippen LogP) is 3.23. The molecular formula is C20H14N4O2S. The summed E-state index contributed by atoms with van der Waals surface area (Å²) in [6, 6.07) is 16.3. The summed E-state index contributed by atoms with van der Waals surface area (Å²) in [6.07, 6.45) is 3.56. The molecule has 0 unspecified atom stereocenters. The van der Waals surface area contributed by atoms with E-state index in [0.717, 1.165) is 16.5 Å². The van der Waals surface area contributed by atoms with Crippen molar-refractivity contribution in [3.63, 3.8) is 0 Å². The highest BCUT2D eigenvalue weighted by Crippen LogP contribution is 2.28. The van der Waals surface area contributed by atoms with E-state index < -0.39 is 5.91 Å². The highest BCUT2D eigenvalue weighted by atomic mass is 32.2. The number of fused-ring (bicyclic) bond motifs is 1. The van der Waals surface area contributed by atoms with Crippen LogP contribution in [-0.2, 0) is 4.79 Å². The van der Waals surface area contributed by atoms with Crippen molar-refractivity contribution in [2.45, 2.75) is 0 Å². The topological polar surface area (TPSA) is 97.4 Å². The number of nitrogens with zero attached hydrogens (tertiary/aromatic N) is 2. The number of thioether (sulfide) groups is 1. The van der Waals surface area contributed by atoms with Crippen molar-refractivity contribution in [3.05, 3.63) is 76.8 Å². The van der Waals surface area contributed by atoms with Crippen LogP contribution in [0.4, 0.5) is 5.69 Å². The minimum Gasteiger partial charge on any atom is -0.366 e. The molecule has 0 bridgehead atoms. The van der Waals surface area contributed by atoms with Gasteiger partial charge in [0.05, 0.1) is 16.1 Å². The summed E-state index contributed by atoms with van der Waals surface area (Å²) in [7, 11) is 0. The number of benzene rings is 2. The molecule has 0 radical (unpaired) electrons. The second kappa shape index (κ2) is 7.05. The van der Waals surface area contributed by atoms with Crippen LogP contribution in [0.2, 0.25) is 0 Å². The van der Waals surface area contributed by atoms with Crippen molar-refractivity contribution in [3.8, 4) is 0 Å². The number of amidine groups is 1. The molecule has 132 valence electrons. The van der Waals surface area contributed by atoms with E-state index in [1.54, 1.807) is 30.5 Å². The number of rotatable bonds is 3. The lowest BCUT2D eigenvalue weighted by Gasteiger charge is -1.99. The molecule has 1 aromatic heterocycles.